The predicted molar refractivity (Wildman–Crippen MR) is 53.4 cm³/mol. The normalized spacial score (nSPS) is 26.6. The van der Waals surface area contributed by atoms with Gasteiger partial charge in [0.25, 0.3) is 0 Å². The molecule has 0 saturated carbocycles. The third-order valence-electron chi connectivity index (χ3n) is 2.44. The van der Waals surface area contributed by atoms with Crippen molar-refractivity contribution in [2.45, 2.75) is 31.8 Å². The summed E-state index contributed by atoms with van der Waals surface area (Å²) in [5.41, 5.74) is 0.983. The van der Waals surface area contributed by atoms with E-state index in [1.54, 1.807) is 11.3 Å². The van der Waals surface area contributed by atoms with E-state index in [4.69, 9.17) is 5.11 Å². The number of carbonyl (C=O) groups is 1. The van der Waals surface area contributed by atoms with E-state index < -0.39 is 12.0 Å². The summed E-state index contributed by atoms with van der Waals surface area (Å²) in [6, 6.07) is -0.275. The van der Waals surface area contributed by atoms with Gasteiger partial charge in [0.2, 0.25) is 0 Å². The summed E-state index contributed by atoms with van der Waals surface area (Å²) in [5.74, 6) is -0.764. The van der Waals surface area contributed by atoms with Gasteiger partial charge in [-0.15, -0.1) is 11.3 Å². The van der Waals surface area contributed by atoms with Crippen molar-refractivity contribution in [2.75, 3.05) is 0 Å². The number of carboxylic acids is 1. The molecule has 2 rings (SSSR count). The molecule has 1 aromatic rings. The van der Waals surface area contributed by atoms with Crippen molar-refractivity contribution in [1.82, 2.24) is 10.3 Å². The van der Waals surface area contributed by atoms with Crippen LogP contribution in [0.25, 0.3) is 0 Å². The van der Waals surface area contributed by atoms with Gasteiger partial charge in [-0.05, 0) is 19.8 Å². The van der Waals surface area contributed by atoms with Crippen LogP contribution in [0.1, 0.15) is 29.6 Å². The van der Waals surface area contributed by atoms with Crippen molar-refractivity contribution in [3.05, 3.63) is 16.1 Å². The van der Waals surface area contributed by atoms with E-state index in [1.807, 2.05) is 12.3 Å². The summed E-state index contributed by atoms with van der Waals surface area (Å²) in [7, 11) is 0. The minimum absolute atomic E-state index is 0.126. The molecular formula is C9H12N2O2S. The number of aromatic nitrogens is 1. The molecule has 4 nitrogen and oxygen atoms in total. The van der Waals surface area contributed by atoms with Crippen LogP contribution in [0, 0.1) is 6.92 Å². The first-order chi connectivity index (χ1) is 6.66. The van der Waals surface area contributed by atoms with E-state index in [2.05, 4.69) is 10.3 Å². The van der Waals surface area contributed by atoms with E-state index in [0.717, 1.165) is 17.1 Å². The Bertz CT molecular complexity index is 350. The van der Waals surface area contributed by atoms with Gasteiger partial charge in [-0.3, -0.25) is 10.1 Å². The van der Waals surface area contributed by atoms with Crippen molar-refractivity contribution < 1.29 is 9.90 Å². The fourth-order valence-electron chi connectivity index (χ4n) is 1.71. The number of nitrogens with zero attached hydrogens (tertiary/aromatic N) is 1. The molecule has 0 aliphatic carbocycles. The lowest BCUT2D eigenvalue weighted by Crippen LogP contribution is -2.31. The highest BCUT2D eigenvalue weighted by atomic mass is 32.1. The molecular weight excluding hydrogens is 200 g/mol. The summed E-state index contributed by atoms with van der Waals surface area (Å²) in [5, 5.41) is 14.9. The summed E-state index contributed by atoms with van der Waals surface area (Å²) in [6.45, 7) is 1.96. The smallest absolute Gasteiger partial charge is 0.320 e. The van der Waals surface area contributed by atoms with Gasteiger partial charge in [0, 0.05) is 5.38 Å². The zero-order valence-electron chi connectivity index (χ0n) is 7.86. The second-order valence-corrected chi connectivity index (χ2v) is 4.54. The molecule has 2 atom stereocenters. The molecule has 76 valence electrons. The van der Waals surface area contributed by atoms with Crippen LogP contribution in [-0.2, 0) is 4.79 Å². The zero-order chi connectivity index (χ0) is 10.1. The second-order valence-electron chi connectivity index (χ2n) is 3.48. The minimum Gasteiger partial charge on any atom is -0.480 e. The molecule has 1 saturated heterocycles. The molecule has 2 heterocycles. The van der Waals surface area contributed by atoms with Crippen LogP contribution >= 0.6 is 11.3 Å². The number of nitrogens with one attached hydrogen (secondary N) is 1. The van der Waals surface area contributed by atoms with Crippen molar-refractivity contribution in [3.63, 3.8) is 0 Å². The van der Waals surface area contributed by atoms with Crippen molar-refractivity contribution in [1.29, 1.82) is 0 Å². The maximum Gasteiger partial charge on any atom is 0.320 e. The lowest BCUT2D eigenvalue weighted by Gasteiger charge is -2.08. The zero-order valence-corrected chi connectivity index (χ0v) is 8.67. The molecule has 1 aliphatic rings. The fourth-order valence-corrected chi connectivity index (χ4v) is 2.38. The third-order valence-corrected chi connectivity index (χ3v) is 3.23. The molecule has 1 fully saturated rings. The number of rotatable bonds is 2. The first kappa shape index (κ1) is 9.61. The number of aryl methyl sites for hydroxylation is 1. The monoisotopic (exact) mass is 212 g/mol. The standard InChI is InChI=1S/C9H12N2O2S/c1-5-10-8(4-14-5)6-2-3-7(11-6)9(12)13/h4,6-7,11H,2-3H2,1H3,(H,12,13). The number of hydrogen-bond acceptors (Lipinski definition) is 4. The number of thiazole rings is 1. The maximum atomic E-state index is 10.7. The Labute approximate surface area is 86.0 Å². The van der Waals surface area contributed by atoms with Crippen molar-refractivity contribution in [3.8, 4) is 0 Å². The molecule has 14 heavy (non-hydrogen) atoms. The van der Waals surface area contributed by atoms with Gasteiger partial charge in [0.05, 0.1) is 16.7 Å². The Morgan fingerprint density at radius 2 is 2.50 bits per heavy atom. The van der Waals surface area contributed by atoms with Gasteiger partial charge < -0.3 is 5.11 Å². The minimum atomic E-state index is -0.764. The molecule has 0 spiro atoms. The van der Waals surface area contributed by atoms with E-state index in [-0.39, 0.29) is 6.04 Å². The summed E-state index contributed by atoms with van der Waals surface area (Å²) >= 11 is 1.60. The molecule has 0 aromatic carbocycles. The maximum absolute atomic E-state index is 10.7. The molecule has 2 unspecified atom stereocenters. The van der Waals surface area contributed by atoms with Crippen LogP contribution in [0.5, 0.6) is 0 Å². The molecule has 1 aromatic heterocycles. The number of carboxylic acid groups (broad SMARTS) is 1. The fraction of sp³-hybridized carbons (Fsp3) is 0.556. The van der Waals surface area contributed by atoms with Crippen LogP contribution in [0.4, 0.5) is 0 Å². The molecule has 5 heteroatoms. The van der Waals surface area contributed by atoms with Gasteiger partial charge in [-0.1, -0.05) is 0 Å². The van der Waals surface area contributed by atoms with Crippen LogP contribution < -0.4 is 5.32 Å². The Morgan fingerprint density at radius 3 is 3.00 bits per heavy atom. The van der Waals surface area contributed by atoms with E-state index >= 15 is 0 Å². The molecule has 0 amide bonds. The molecule has 0 bridgehead atoms. The molecule has 1 aliphatic heterocycles. The van der Waals surface area contributed by atoms with E-state index in [0.29, 0.717) is 6.42 Å². The largest absolute Gasteiger partial charge is 0.480 e. The quantitative estimate of drug-likeness (QED) is 0.776. The highest BCUT2D eigenvalue weighted by molar-refractivity contribution is 7.09. The average molecular weight is 212 g/mol. The van der Waals surface area contributed by atoms with Gasteiger partial charge >= 0.3 is 5.97 Å². The van der Waals surface area contributed by atoms with Gasteiger partial charge in [-0.2, -0.15) is 0 Å². The van der Waals surface area contributed by atoms with E-state index in [1.165, 1.54) is 0 Å². The number of hydrogen-bond donors (Lipinski definition) is 2. The molecule has 0 radical (unpaired) electrons. The van der Waals surface area contributed by atoms with Crippen LogP contribution in [0.3, 0.4) is 0 Å². The number of aliphatic carboxylic acids is 1. The lowest BCUT2D eigenvalue weighted by molar-refractivity contribution is -0.139. The Kier molecular flexibility index (Phi) is 2.52. The first-order valence-corrected chi connectivity index (χ1v) is 5.45. The summed E-state index contributed by atoms with van der Waals surface area (Å²) in [4.78, 5) is 15.1. The van der Waals surface area contributed by atoms with Crippen LogP contribution in [0.2, 0.25) is 0 Å². The topological polar surface area (TPSA) is 62.2 Å². The summed E-state index contributed by atoms with van der Waals surface area (Å²) < 4.78 is 0. The lowest BCUT2D eigenvalue weighted by atomic mass is 10.1. The Balaban J connectivity index is 2.05. The molecule has 2 N–H and O–H groups in total. The predicted octanol–water partition coefficient (Wildman–Crippen LogP) is 1.33. The van der Waals surface area contributed by atoms with Gasteiger partial charge in [0.1, 0.15) is 6.04 Å². The van der Waals surface area contributed by atoms with Crippen molar-refractivity contribution in [2.24, 2.45) is 0 Å². The highest BCUT2D eigenvalue weighted by Crippen LogP contribution is 2.27. The van der Waals surface area contributed by atoms with Crippen LogP contribution in [0.15, 0.2) is 5.38 Å². The average Bonchev–Trinajstić information content (AvgIpc) is 2.70. The summed E-state index contributed by atoms with van der Waals surface area (Å²) in [6.07, 6.45) is 1.55. The third kappa shape index (κ3) is 1.78. The Morgan fingerprint density at radius 1 is 1.71 bits per heavy atom. The van der Waals surface area contributed by atoms with Gasteiger partial charge in [0.15, 0.2) is 0 Å². The van der Waals surface area contributed by atoms with Crippen molar-refractivity contribution >= 4 is 17.3 Å². The SMILES string of the molecule is Cc1nc(C2CCC(C(=O)O)N2)cs1. The van der Waals surface area contributed by atoms with Crippen LogP contribution in [-0.4, -0.2) is 22.1 Å². The van der Waals surface area contributed by atoms with Gasteiger partial charge in [-0.25, -0.2) is 4.98 Å². The highest BCUT2D eigenvalue weighted by Gasteiger charge is 2.30. The Hall–Kier alpha value is -0.940. The van der Waals surface area contributed by atoms with E-state index in [9.17, 15) is 4.79 Å². The first-order valence-electron chi connectivity index (χ1n) is 4.57. The second kappa shape index (κ2) is 3.67.